The standard InChI is InChI=1S/C29H41N7O4S.C22H26ClN5O5S.C7H15N.CH2O3.2K.2H2S.H/c1-18-14-27(3,4)35(16-18)25-20(26(37)33-41(38,39)21-15-30-34(9)19(21)2)10-11-23(31-25)36-13-12-24(32-36)40-17-22-28(5,6)29(22,7)8;1-13-15(11-24-27(13)6)34(30,31)33-20(29)14-7-8-17(25-19(14)23)28-10-9-18(26-28)32-12-16-21(2,3)22(16,4)5;1-6-4-7(2,3)8-5-6;2-1-4-3;;;;;/h10-13,15,18,22H,14,16-17H2,1-9H3,(H,33,37);7-11,16H,12H2,1-6H3;6,8H,4-5H2,1-3H3;1,3H;;;2*1H2;/q;;;;2*+1;;;-1/p-1/t18-;;6-;;;;;;/m0.0....../s1. The van der Waals surface area contributed by atoms with Crippen molar-refractivity contribution >= 4 is 82.9 Å². The molecule has 4 fully saturated rings. The first-order valence-corrected chi connectivity index (χ1v) is 31.8. The number of aryl methyl sites for hydroxylation is 2. The number of pyridine rings is 2. The smallest absolute Gasteiger partial charge is 1.00 e. The molecule has 8 heterocycles. The predicted molar refractivity (Wildman–Crippen MR) is 344 cm³/mol. The van der Waals surface area contributed by atoms with Gasteiger partial charge in [0.2, 0.25) is 11.8 Å². The van der Waals surface area contributed by atoms with Crippen LogP contribution in [0.2, 0.25) is 5.15 Å². The number of sulfonamides is 1. The number of carbonyl (C=O) groups excluding carboxylic acids is 3. The van der Waals surface area contributed by atoms with E-state index >= 15 is 0 Å². The number of carbonyl (C=O) groups is 3. The Labute approximate surface area is 640 Å². The molecule has 2 atom stereocenters. The molecule has 0 spiro atoms. The maximum Gasteiger partial charge on any atom is 1.00 e. The summed E-state index contributed by atoms with van der Waals surface area (Å²) < 4.78 is 75.9. The van der Waals surface area contributed by atoms with E-state index in [9.17, 15) is 26.4 Å². The van der Waals surface area contributed by atoms with Gasteiger partial charge in [-0.1, -0.05) is 80.8 Å². The normalized spacial score (nSPS) is 19.2. The zero-order chi connectivity index (χ0) is 64.8. The molecule has 494 valence electrons. The van der Waals surface area contributed by atoms with Crippen molar-refractivity contribution in [3.05, 3.63) is 88.9 Å². The van der Waals surface area contributed by atoms with Crippen LogP contribution in [0.5, 0.6) is 11.8 Å². The Balaban J connectivity index is 0.000000511. The molecule has 0 bridgehead atoms. The molecule has 2 aliphatic heterocycles. The molecule has 10 rings (SSSR count). The topological polar surface area (TPSA) is 304 Å². The van der Waals surface area contributed by atoms with Gasteiger partial charge in [0, 0.05) is 68.1 Å². The van der Waals surface area contributed by atoms with Gasteiger partial charge >= 0.3 is 119 Å². The molecular weight excluding hydrogens is 1320 g/mol. The van der Waals surface area contributed by atoms with Crippen molar-refractivity contribution in [2.45, 2.75) is 144 Å². The number of nitrogens with one attached hydrogen (secondary N) is 2. The van der Waals surface area contributed by atoms with Gasteiger partial charge in [-0.05, 0) is 119 Å². The van der Waals surface area contributed by atoms with E-state index in [0.717, 1.165) is 18.5 Å². The van der Waals surface area contributed by atoms with E-state index in [4.69, 9.17) is 40.3 Å². The second-order valence-electron chi connectivity index (χ2n) is 26.6. The van der Waals surface area contributed by atoms with Gasteiger partial charge in [-0.2, -0.15) is 45.6 Å². The fourth-order valence-electron chi connectivity index (χ4n) is 11.8. The molecule has 0 radical (unpaired) electrons. The van der Waals surface area contributed by atoms with E-state index in [0.29, 0.717) is 83.7 Å². The molecule has 32 heteroatoms. The van der Waals surface area contributed by atoms with Crippen molar-refractivity contribution in [2.75, 3.05) is 31.2 Å². The fourth-order valence-corrected chi connectivity index (χ4v) is 14.3. The number of anilines is 1. The van der Waals surface area contributed by atoms with Crippen LogP contribution in [0.25, 0.3) is 11.6 Å². The summed E-state index contributed by atoms with van der Waals surface area (Å²) in [4.78, 5) is 48.1. The summed E-state index contributed by atoms with van der Waals surface area (Å²) in [6, 6.07) is 9.59. The van der Waals surface area contributed by atoms with Gasteiger partial charge in [0.15, 0.2) is 11.6 Å². The number of halogens is 1. The van der Waals surface area contributed by atoms with Crippen molar-refractivity contribution < 1.29 is 159 Å². The summed E-state index contributed by atoms with van der Waals surface area (Å²) >= 11 is 6.17. The largest absolute Gasteiger partial charge is 1.00 e. The predicted octanol–water partition coefficient (Wildman–Crippen LogP) is 1.86. The van der Waals surface area contributed by atoms with Crippen molar-refractivity contribution in [3.8, 4) is 23.4 Å². The Morgan fingerprint density at radius 1 is 0.714 bits per heavy atom. The Morgan fingerprint density at radius 2 is 1.16 bits per heavy atom. The maximum absolute atomic E-state index is 13.5. The van der Waals surface area contributed by atoms with Crippen molar-refractivity contribution in [1.29, 1.82) is 0 Å². The zero-order valence-corrected chi connectivity index (χ0v) is 66.6. The molecule has 6 aromatic heterocycles. The number of hydrogen-bond donors (Lipinski definition) is 2. The van der Waals surface area contributed by atoms with Crippen LogP contribution in [-0.2, 0) is 48.1 Å². The summed E-state index contributed by atoms with van der Waals surface area (Å²) in [5, 5.41) is 28.5. The van der Waals surface area contributed by atoms with E-state index in [-0.39, 0.29) is 191 Å². The number of aromatic nitrogens is 10. The van der Waals surface area contributed by atoms with Crippen molar-refractivity contribution in [1.82, 2.24) is 59.1 Å². The molecule has 25 nitrogen and oxygen atoms in total. The molecule has 1 amide bonds. The van der Waals surface area contributed by atoms with Gasteiger partial charge in [-0.25, -0.2) is 37.3 Å². The summed E-state index contributed by atoms with van der Waals surface area (Å²) in [5.74, 6) is 2.39. The minimum atomic E-state index is -4.37. The van der Waals surface area contributed by atoms with Crippen molar-refractivity contribution in [3.63, 3.8) is 0 Å². The minimum absolute atomic E-state index is 0. The monoisotopic (exact) mass is 1410 g/mol. The number of amides is 1. The van der Waals surface area contributed by atoms with Crippen LogP contribution >= 0.6 is 38.6 Å². The van der Waals surface area contributed by atoms with Gasteiger partial charge in [0.1, 0.15) is 20.8 Å². The van der Waals surface area contributed by atoms with Gasteiger partial charge in [-0.15, -0.1) is 10.2 Å². The first-order chi connectivity index (χ1) is 40.2. The van der Waals surface area contributed by atoms with Crippen LogP contribution in [0.15, 0.2) is 71.0 Å². The molecule has 91 heavy (non-hydrogen) atoms. The number of hydrogen-bond acceptors (Lipinski definition) is 20. The van der Waals surface area contributed by atoms with E-state index in [2.05, 4.69) is 142 Å². The van der Waals surface area contributed by atoms with E-state index < -0.39 is 32.0 Å². The fraction of sp³-hybridized carbons (Fsp3) is 0.576. The quantitative estimate of drug-likeness (QED) is 0.0349. The SMILES string of the molecule is C[C@@H]1CNC(C)(C)C1.Cc1c(S(=O)(=O)NC(=O)c2ccc(-n3ccc(OCC4C(C)(C)C4(C)C)n3)nc2N2C[C@@H](C)CC2(C)C)cnn1C.Cc1c(S(=O)(=O)OC(=O)c2ccc(-n3ccc(OCC4C(C)(C)C4(C)C)n3)nc2Cl)cnn1C.O=CO[O-].S.S.[H-].[K+].[K+]. The Kier molecular flexibility index (Phi) is 28.5. The van der Waals surface area contributed by atoms with Gasteiger partial charge in [-0.3, -0.25) is 19.0 Å². The van der Waals surface area contributed by atoms with Crippen LogP contribution < -0.4 is 132 Å². The summed E-state index contributed by atoms with van der Waals surface area (Å²) in [6.07, 6.45) is 8.01. The Hall–Kier alpha value is -2.97. The molecule has 2 saturated carbocycles. The van der Waals surface area contributed by atoms with Crippen LogP contribution in [0.1, 0.15) is 143 Å². The average molecular weight is 1410 g/mol. The second kappa shape index (κ2) is 31.5. The molecule has 2 saturated heterocycles. The first kappa shape index (κ1) is 82.3. The first-order valence-electron chi connectivity index (χ1n) is 28.6. The van der Waals surface area contributed by atoms with Crippen LogP contribution in [0.4, 0.5) is 5.82 Å². The van der Waals surface area contributed by atoms with Crippen LogP contribution in [0, 0.1) is 59.2 Å². The van der Waals surface area contributed by atoms with Crippen molar-refractivity contribution in [2.24, 2.45) is 59.4 Å². The number of ether oxygens (including phenoxy) is 2. The minimum Gasteiger partial charge on any atom is -1.00 e. The molecule has 0 unspecified atom stereocenters. The van der Waals surface area contributed by atoms with E-state index in [1.165, 1.54) is 45.3 Å². The third-order valence-corrected chi connectivity index (χ3v) is 21.7. The summed E-state index contributed by atoms with van der Waals surface area (Å²) in [6.45, 7) is 37.1. The van der Waals surface area contributed by atoms with Crippen LogP contribution in [0.3, 0.4) is 0 Å². The molecule has 0 aromatic carbocycles. The Morgan fingerprint density at radius 3 is 1.53 bits per heavy atom. The summed E-state index contributed by atoms with van der Waals surface area (Å²) in [7, 11) is -5.29. The Bertz CT molecular complexity index is 3740. The summed E-state index contributed by atoms with van der Waals surface area (Å²) in [5.41, 5.74) is 1.70. The van der Waals surface area contributed by atoms with Gasteiger partial charge in [0.05, 0.1) is 48.1 Å². The third kappa shape index (κ3) is 18.6. The van der Waals surface area contributed by atoms with Gasteiger partial charge in [0.25, 0.3) is 22.4 Å². The molecule has 2 N–H and O–H groups in total. The second-order valence-corrected chi connectivity index (χ2v) is 30.1. The molecule has 4 aliphatic rings. The number of rotatable bonds is 16. The average Bonchev–Trinajstić information content (AvgIpc) is 1.56. The molecule has 2 aliphatic carbocycles. The molecular formula is C59H88ClK2N13O12S4. The third-order valence-electron chi connectivity index (χ3n) is 18.7. The molecule has 6 aromatic rings. The number of nitrogens with zero attached hydrogens (tertiary/aromatic N) is 11. The zero-order valence-electron chi connectivity index (χ0n) is 56.9. The van der Waals surface area contributed by atoms with E-state index in [1.54, 1.807) is 69.3 Å². The maximum atomic E-state index is 13.5. The van der Waals surface area contributed by atoms with E-state index in [1.807, 2.05) is 0 Å². The van der Waals surface area contributed by atoms with Gasteiger partial charge < -0.3 is 35.4 Å². The van der Waals surface area contributed by atoms with Crippen LogP contribution in [-0.4, -0.2) is 122 Å².